The number of rotatable bonds is 8. The number of nitrogens with one attached hydrogen (secondary N) is 1. The van der Waals surface area contributed by atoms with Gasteiger partial charge in [0, 0.05) is 35.5 Å². The van der Waals surface area contributed by atoms with E-state index in [2.05, 4.69) is 27.3 Å². The van der Waals surface area contributed by atoms with Crippen LogP contribution in [0, 0.1) is 17.5 Å². The molecule has 0 radical (unpaired) electrons. The SMILES string of the molecule is NC(=O)c1cc(-c2cccnc2[C@H](Cc2cc(F)cc(F)c2)NC(=O)CN2c3ccccc3C3CCCCC32)ccc1F. The highest BCUT2D eigenvalue weighted by Crippen LogP contribution is 2.47. The van der Waals surface area contributed by atoms with Crippen LogP contribution in [0.2, 0.25) is 0 Å². The van der Waals surface area contributed by atoms with Crippen LogP contribution < -0.4 is 16.0 Å². The number of para-hydroxylation sites is 1. The quantitative estimate of drug-likeness (QED) is 0.258. The van der Waals surface area contributed by atoms with Gasteiger partial charge < -0.3 is 16.0 Å². The molecule has 2 heterocycles. The molecule has 2 aliphatic rings. The first kappa shape index (κ1) is 28.5. The lowest BCUT2D eigenvalue weighted by Crippen LogP contribution is -2.44. The molecule has 1 aliphatic carbocycles. The number of pyridine rings is 1. The fraction of sp³-hybridized carbons (Fsp3) is 0.265. The molecule has 0 saturated heterocycles. The zero-order chi connectivity index (χ0) is 30.1. The van der Waals surface area contributed by atoms with Gasteiger partial charge in [0.25, 0.3) is 5.91 Å². The summed E-state index contributed by atoms with van der Waals surface area (Å²) in [6.45, 7) is 0.108. The minimum Gasteiger partial charge on any atom is -0.366 e. The average molecular weight is 585 g/mol. The summed E-state index contributed by atoms with van der Waals surface area (Å²) in [5.74, 6) is -3.03. The molecule has 2 unspecified atom stereocenters. The molecule has 3 N–H and O–H groups in total. The largest absolute Gasteiger partial charge is 0.366 e. The van der Waals surface area contributed by atoms with Crippen LogP contribution in [-0.4, -0.2) is 29.4 Å². The zero-order valence-corrected chi connectivity index (χ0v) is 23.4. The molecule has 1 fully saturated rings. The van der Waals surface area contributed by atoms with E-state index >= 15 is 0 Å². The van der Waals surface area contributed by atoms with E-state index in [1.807, 2.05) is 12.1 Å². The number of hydrogen-bond acceptors (Lipinski definition) is 4. The topological polar surface area (TPSA) is 88.3 Å². The van der Waals surface area contributed by atoms with Crippen LogP contribution >= 0.6 is 0 Å². The van der Waals surface area contributed by atoms with Gasteiger partial charge in [-0.3, -0.25) is 14.6 Å². The Morgan fingerprint density at radius 3 is 2.51 bits per heavy atom. The van der Waals surface area contributed by atoms with Crippen molar-refractivity contribution in [2.24, 2.45) is 5.73 Å². The monoisotopic (exact) mass is 584 g/mol. The highest BCUT2D eigenvalue weighted by atomic mass is 19.1. The van der Waals surface area contributed by atoms with E-state index in [9.17, 15) is 22.8 Å². The lowest BCUT2D eigenvalue weighted by molar-refractivity contribution is -0.120. The molecular formula is C34H31F3N4O2. The number of carbonyl (C=O) groups is 2. The molecule has 43 heavy (non-hydrogen) atoms. The molecule has 1 aliphatic heterocycles. The van der Waals surface area contributed by atoms with Crippen molar-refractivity contribution in [3.8, 4) is 11.1 Å². The predicted octanol–water partition coefficient (Wildman–Crippen LogP) is 6.21. The van der Waals surface area contributed by atoms with Crippen molar-refractivity contribution >= 4 is 17.5 Å². The first-order valence-electron chi connectivity index (χ1n) is 14.4. The predicted molar refractivity (Wildman–Crippen MR) is 158 cm³/mol. The van der Waals surface area contributed by atoms with Gasteiger partial charge in [0.05, 0.1) is 23.8 Å². The third-order valence-electron chi connectivity index (χ3n) is 8.50. The van der Waals surface area contributed by atoms with Crippen LogP contribution in [0.3, 0.4) is 0 Å². The van der Waals surface area contributed by atoms with Gasteiger partial charge in [-0.15, -0.1) is 0 Å². The Morgan fingerprint density at radius 1 is 0.953 bits per heavy atom. The Kier molecular flexibility index (Phi) is 7.88. The van der Waals surface area contributed by atoms with Crippen LogP contribution in [0.4, 0.5) is 18.9 Å². The first-order chi connectivity index (χ1) is 20.8. The van der Waals surface area contributed by atoms with Gasteiger partial charge in [-0.25, -0.2) is 13.2 Å². The molecule has 1 aromatic heterocycles. The lowest BCUT2D eigenvalue weighted by atomic mass is 9.82. The fourth-order valence-corrected chi connectivity index (χ4v) is 6.69. The second kappa shape index (κ2) is 11.9. The second-order valence-electron chi connectivity index (χ2n) is 11.2. The summed E-state index contributed by atoms with van der Waals surface area (Å²) in [5, 5.41) is 3.08. The van der Waals surface area contributed by atoms with Crippen molar-refractivity contribution in [2.75, 3.05) is 11.4 Å². The van der Waals surface area contributed by atoms with Crippen LogP contribution in [-0.2, 0) is 11.2 Å². The molecule has 6 rings (SSSR count). The number of fused-ring (bicyclic) bond motifs is 3. The standard InChI is InChI=1S/C34H31F3N4O2/c35-22-14-20(15-23(36)18-22)16-29(33-24(8-5-13-39-33)21-11-12-28(37)27(17-21)34(38)43)40-32(42)19-41-30-9-3-1-6-25(30)26-7-2-4-10-31(26)41/h1,3,5-6,8-9,11-15,17-18,26,29,31H,2,4,7,10,16,19H2,(H2,38,43)(H,40,42)/t26?,29-,31?/m0/s1. The van der Waals surface area contributed by atoms with E-state index in [1.165, 1.54) is 29.8 Å². The molecule has 3 atom stereocenters. The average Bonchev–Trinajstić information content (AvgIpc) is 3.30. The number of carbonyl (C=O) groups excluding carboxylic acids is 2. The van der Waals surface area contributed by atoms with E-state index in [-0.39, 0.29) is 30.5 Å². The van der Waals surface area contributed by atoms with E-state index < -0.39 is 29.4 Å². The summed E-state index contributed by atoms with van der Waals surface area (Å²) < 4.78 is 42.7. The number of benzene rings is 3. The van der Waals surface area contributed by atoms with Crippen molar-refractivity contribution in [1.29, 1.82) is 0 Å². The van der Waals surface area contributed by atoms with Gasteiger partial charge in [-0.2, -0.15) is 0 Å². The maximum atomic E-state index is 14.3. The third kappa shape index (κ3) is 5.84. The van der Waals surface area contributed by atoms with Gasteiger partial charge in [0.2, 0.25) is 5.91 Å². The van der Waals surface area contributed by atoms with Gasteiger partial charge in [-0.1, -0.05) is 43.2 Å². The molecule has 0 bridgehead atoms. The van der Waals surface area contributed by atoms with E-state index in [0.29, 0.717) is 28.3 Å². The van der Waals surface area contributed by atoms with E-state index in [1.54, 1.807) is 18.3 Å². The Hall–Kier alpha value is -4.66. The highest BCUT2D eigenvalue weighted by Gasteiger charge is 2.40. The maximum absolute atomic E-state index is 14.3. The number of amides is 2. The van der Waals surface area contributed by atoms with Gasteiger partial charge in [0.1, 0.15) is 17.5 Å². The van der Waals surface area contributed by atoms with E-state index in [4.69, 9.17) is 5.73 Å². The number of nitrogens with two attached hydrogens (primary N) is 1. The minimum atomic E-state index is -0.920. The zero-order valence-electron chi connectivity index (χ0n) is 23.4. The van der Waals surface area contributed by atoms with Gasteiger partial charge in [0.15, 0.2) is 0 Å². The fourth-order valence-electron chi connectivity index (χ4n) is 6.69. The summed E-state index contributed by atoms with van der Waals surface area (Å²) >= 11 is 0. The summed E-state index contributed by atoms with van der Waals surface area (Å²) in [7, 11) is 0. The normalized spacial score (nSPS) is 18.1. The van der Waals surface area contributed by atoms with Crippen molar-refractivity contribution in [3.63, 3.8) is 0 Å². The number of primary amides is 1. The number of hydrogen-bond donors (Lipinski definition) is 2. The van der Waals surface area contributed by atoms with Gasteiger partial charge >= 0.3 is 0 Å². The summed E-state index contributed by atoms with van der Waals surface area (Å²) in [6, 6.07) is 18.2. The molecule has 2 amide bonds. The summed E-state index contributed by atoms with van der Waals surface area (Å²) in [4.78, 5) is 32.4. The number of nitrogens with zero attached hydrogens (tertiary/aromatic N) is 2. The van der Waals surface area contributed by atoms with Crippen molar-refractivity contribution in [2.45, 2.75) is 50.1 Å². The first-order valence-corrected chi connectivity index (χ1v) is 14.4. The van der Waals surface area contributed by atoms with Gasteiger partial charge in [-0.05, 0) is 72.4 Å². The van der Waals surface area contributed by atoms with Crippen molar-refractivity contribution < 1.29 is 22.8 Å². The third-order valence-corrected chi connectivity index (χ3v) is 8.50. The van der Waals surface area contributed by atoms with E-state index in [0.717, 1.165) is 43.5 Å². The molecular weight excluding hydrogens is 553 g/mol. The Morgan fingerprint density at radius 2 is 1.72 bits per heavy atom. The van der Waals surface area contributed by atoms with Crippen LogP contribution in [0.5, 0.6) is 0 Å². The molecule has 4 aromatic rings. The van der Waals surface area contributed by atoms with Crippen molar-refractivity contribution in [3.05, 3.63) is 119 Å². The molecule has 9 heteroatoms. The number of halogens is 3. The number of aromatic nitrogens is 1. The van der Waals surface area contributed by atoms with Crippen molar-refractivity contribution in [1.82, 2.24) is 10.3 Å². The Labute approximate surface area is 247 Å². The molecule has 1 saturated carbocycles. The summed E-state index contributed by atoms with van der Waals surface area (Å²) in [5.41, 5.74) is 9.14. The van der Waals surface area contributed by atoms with Crippen LogP contribution in [0.1, 0.15) is 64.8 Å². The maximum Gasteiger partial charge on any atom is 0.251 e. The summed E-state index contributed by atoms with van der Waals surface area (Å²) in [6.07, 6.45) is 5.92. The molecule has 6 nitrogen and oxygen atoms in total. The minimum absolute atomic E-state index is 0.0386. The molecule has 220 valence electrons. The smallest absolute Gasteiger partial charge is 0.251 e. The highest BCUT2D eigenvalue weighted by molar-refractivity contribution is 5.94. The molecule has 0 spiro atoms. The Balaban J connectivity index is 1.35. The lowest BCUT2D eigenvalue weighted by Gasteiger charge is -2.33. The Bertz CT molecular complexity index is 1670. The van der Waals surface area contributed by atoms with Crippen LogP contribution in [0.25, 0.3) is 11.1 Å². The van der Waals surface area contributed by atoms with Crippen LogP contribution in [0.15, 0.2) is 79.0 Å². The second-order valence-corrected chi connectivity index (χ2v) is 11.2. The molecule has 3 aromatic carbocycles. The number of anilines is 1.